The zero-order valence-electron chi connectivity index (χ0n) is 9.14. The molecule has 1 N–H and O–H groups in total. The predicted octanol–water partition coefficient (Wildman–Crippen LogP) is 1.25. The molecule has 0 bridgehead atoms. The second-order valence-corrected chi connectivity index (χ2v) is 4.40. The normalized spacial score (nSPS) is 10.8. The molecule has 2 aromatic rings. The van der Waals surface area contributed by atoms with E-state index in [0.717, 1.165) is 23.5 Å². The number of fused-ring (bicyclic) bond motifs is 1. The number of rotatable bonds is 5. The third-order valence-electron chi connectivity index (χ3n) is 2.31. The third kappa shape index (κ3) is 2.38. The number of hydrogen-bond donors (Lipinski definition) is 1. The SMILES string of the molecule is CCCC(=O)NCCc1csc2nncn12. The largest absolute Gasteiger partial charge is 0.356 e. The van der Waals surface area contributed by atoms with Gasteiger partial charge >= 0.3 is 0 Å². The van der Waals surface area contributed by atoms with Gasteiger partial charge in [0.15, 0.2) is 0 Å². The average Bonchev–Trinajstić information content (AvgIpc) is 2.82. The van der Waals surface area contributed by atoms with E-state index in [1.807, 2.05) is 11.3 Å². The lowest BCUT2D eigenvalue weighted by Gasteiger charge is -2.03. The van der Waals surface area contributed by atoms with Gasteiger partial charge in [-0.05, 0) is 6.42 Å². The zero-order chi connectivity index (χ0) is 11.4. The highest BCUT2D eigenvalue weighted by Gasteiger charge is 2.05. The number of aromatic nitrogens is 3. The molecule has 0 aliphatic rings. The lowest BCUT2D eigenvalue weighted by molar-refractivity contribution is -0.121. The fourth-order valence-corrected chi connectivity index (χ4v) is 2.35. The van der Waals surface area contributed by atoms with Crippen molar-refractivity contribution in [2.75, 3.05) is 6.54 Å². The van der Waals surface area contributed by atoms with Crippen LogP contribution in [0, 0.1) is 0 Å². The van der Waals surface area contributed by atoms with Gasteiger partial charge in [0, 0.05) is 30.5 Å². The number of amides is 1. The monoisotopic (exact) mass is 238 g/mol. The molecule has 5 nitrogen and oxygen atoms in total. The molecule has 0 radical (unpaired) electrons. The van der Waals surface area contributed by atoms with E-state index < -0.39 is 0 Å². The first-order valence-corrected chi connectivity index (χ1v) is 6.22. The van der Waals surface area contributed by atoms with Crippen molar-refractivity contribution < 1.29 is 4.79 Å². The molecule has 0 aliphatic carbocycles. The second-order valence-electron chi connectivity index (χ2n) is 3.56. The number of nitrogens with zero attached hydrogens (tertiary/aromatic N) is 3. The van der Waals surface area contributed by atoms with Crippen LogP contribution < -0.4 is 5.32 Å². The first-order valence-electron chi connectivity index (χ1n) is 5.34. The van der Waals surface area contributed by atoms with Gasteiger partial charge in [-0.2, -0.15) is 0 Å². The van der Waals surface area contributed by atoms with Gasteiger partial charge in [-0.15, -0.1) is 21.5 Å². The molecule has 0 spiro atoms. The Balaban J connectivity index is 1.87. The Bertz CT molecular complexity index is 476. The average molecular weight is 238 g/mol. The number of thiazole rings is 1. The summed E-state index contributed by atoms with van der Waals surface area (Å²) in [6.45, 7) is 2.67. The van der Waals surface area contributed by atoms with Crippen LogP contribution >= 0.6 is 11.3 Å². The summed E-state index contributed by atoms with van der Waals surface area (Å²) in [7, 11) is 0. The van der Waals surface area contributed by atoms with Crippen LogP contribution in [0.25, 0.3) is 4.96 Å². The fourth-order valence-electron chi connectivity index (χ4n) is 1.50. The molecule has 2 aromatic heterocycles. The summed E-state index contributed by atoms with van der Waals surface area (Å²) in [4.78, 5) is 12.1. The maximum atomic E-state index is 11.2. The summed E-state index contributed by atoms with van der Waals surface area (Å²) in [5, 5.41) is 12.7. The van der Waals surface area contributed by atoms with Crippen LogP contribution in [0.3, 0.4) is 0 Å². The van der Waals surface area contributed by atoms with Gasteiger partial charge in [-0.25, -0.2) is 0 Å². The molecule has 2 rings (SSSR count). The smallest absolute Gasteiger partial charge is 0.219 e. The highest BCUT2D eigenvalue weighted by atomic mass is 32.1. The first-order chi connectivity index (χ1) is 7.81. The molecule has 2 heterocycles. The minimum Gasteiger partial charge on any atom is -0.356 e. The van der Waals surface area contributed by atoms with Crippen LogP contribution in [-0.4, -0.2) is 27.0 Å². The Labute approximate surface area is 97.5 Å². The minimum absolute atomic E-state index is 0.123. The maximum Gasteiger partial charge on any atom is 0.219 e. The molecule has 6 heteroatoms. The Morgan fingerprint density at radius 3 is 3.31 bits per heavy atom. The standard InChI is InChI=1S/C10H14N4OS/c1-2-3-9(15)11-5-4-8-6-16-10-13-12-7-14(8)10/h6-7H,2-5H2,1H3,(H,11,15). The molecule has 0 unspecified atom stereocenters. The highest BCUT2D eigenvalue weighted by molar-refractivity contribution is 7.15. The fraction of sp³-hybridized carbons (Fsp3) is 0.500. The summed E-state index contributed by atoms with van der Waals surface area (Å²) in [6, 6.07) is 0. The van der Waals surface area contributed by atoms with Gasteiger partial charge in [-0.3, -0.25) is 9.20 Å². The van der Waals surface area contributed by atoms with Crippen molar-refractivity contribution in [3.05, 3.63) is 17.4 Å². The van der Waals surface area contributed by atoms with Crippen molar-refractivity contribution in [2.45, 2.75) is 26.2 Å². The third-order valence-corrected chi connectivity index (χ3v) is 3.19. The topological polar surface area (TPSA) is 59.3 Å². The van der Waals surface area contributed by atoms with E-state index in [1.165, 1.54) is 0 Å². The quantitative estimate of drug-likeness (QED) is 0.852. The number of carbonyl (C=O) groups is 1. The van der Waals surface area contributed by atoms with Crippen LogP contribution in [0.4, 0.5) is 0 Å². The van der Waals surface area contributed by atoms with E-state index in [4.69, 9.17) is 0 Å². The van der Waals surface area contributed by atoms with Crippen molar-refractivity contribution in [1.29, 1.82) is 0 Å². The number of nitrogens with one attached hydrogen (secondary N) is 1. The first kappa shape index (κ1) is 11.1. The Hall–Kier alpha value is -1.43. The molecule has 16 heavy (non-hydrogen) atoms. The van der Waals surface area contributed by atoms with E-state index in [2.05, 4.69) is 20.9 Å². The van der Waals surface area contributed by atoms with Crippen LogP contribution in [-0.2, 0) is 11.2 Å². The van der Waals surface area contributed by atoms with Crippen molar-refractivity contribution in [3.8, 4) is 0 Å². The van der Waals surface area contributed by atoms with Gasteiger partial charge < -0.3 is 5.32 Å². The Kier molecular flexibility index (Phi) is 3.51. The molecular weight excluding hydrogens is 224 g/mol. The van der Waals surface area contributed by atoms with E-state index in [0.29, 0.717) is 13.0 Å². The lowest BCUT2D eigenvalue weighted by atomic mass is 10.3. The Morgan fingerprint density at radius 2 is 2.50 bits per heavy atom. The molecule has 0 aliphatic heterocycles. The van der Waals surface area contributed by atoms with Gasteiger partial charge in [0.2, 0.25) is 10.9 Å². The second kappa shape index (κ2) is 5.07. The van der Waals surface area contributed by atoms with Crippen LogP contribution in [0.2, 0.25) is 0 Å². The summed E-state index contributed by atoms with van der Waals surface area (Å²) in [6.07, 6.45) is 4.01. The van der Waals surface area contributed by atoms with Crippen molar-refractivity contribution in [1.82, 2.24) is 19.9 Å². The van der Waals surface area contributed by atoms with Crippen molar-refractivity contribution in [3.63, 3.8) is 0 Å². The number of carbonyl (C=O) groups excluding carboxylic acids is 1. The molecule has 0 saturated heterocycles. The molecule has 0 fully saturated rings. The lowest BCUT2D eigenvalue weighted by Crippen LogP contribution is -2.25. The molecule has 86 valence electrons. The summed E-state index contributed by atoms with van der Waals surface area (Å²) >= 11 is 1.57. The van der Waals surface area contributed by atoms with E-state index >= 15 is 0 Å². The maximum absolute atomic E-state index is 11.2. The zero-order valence-corrected chi connectivity index (χ0v) is 9.96. The van der Waals surface area contributed by atoms with Gasteiger partial charge in [0.05, 0.1) is 0 Å². The van der Waals surface area contributed by atoms with Gasteiger partial charge in [0.25, 0.3) is 0 Å². The van der Waals surface area contributed by atoms with E-state index in [-0.39, 0.29) is 5.91 Å². The van der Waals surface area contributed by atoms with Crippen LogP contribution in [0.5, 0.6) is 0 Å². The van der Waals surface area contributed by atoms with Crippen LogP contribution in [0.1, 0.15) is 25.5 Å². The Morgan fingerprint density at radius 1 is 1.62 bits per heavy atom. The van der Waals surface area contributed by atoms with E-state index in [9.17, 15) is 4.79 Å². The van der Waals surface area contributed by atoms with Gasteiger partial charge in [0.1, 0.15) is 6.33 Å². The molecular formula is C10H14N4OS. The molecule has 0 aromatic carbocycles. The molecule has 0 atom stereocenters. The minimum atomic E-state index is 0.123. The molecule has 0 saturated carbocycles. The summed E-state index contributed by atoms with van der Waals surface area (Å²) in [5.74, 6) is 0.123. The van der Waals surface area contributed by atoms with Crippen molar-refractivity contribution >= 4 is 22.2 Å². The number of hydrogen-bond acceptors (Lipinski definition) is 4. The van der Waals surface area contributed by atoms with Crippen LogP contribution in [0.15, 0.2) is 11.7 Å². The molecule has 1 amide bonds. The summed E-state index contributed by atoms with van der Waals surface area (Å²) < 4.78 is 1.96. The predicted molar refractivity (Wildman–Crippen MR) is 62.5 cm³/mol. The highest BCUT2D eigenvalue weighted by Crippen LogP contribution is 2.13. The summed E-state index contributed by atoms with van der Waals surface area (Å²) in [5.41, 5.74) is 1.14. The van der Waals surface area contributed by atoms with E-state index in [1.54, 1.807) is 17.7 Å². The van der Waals surface area contributed by atoms with Crippen molar-refractivity contribution in [2.24, 2.45) is 0 Å². The van der Waals surface area contributed by atoms with Gasteiger partial charge in [-0.1, -0.05) is 6.92 Å².